The van der Waals surface area contributed by atoms with E-state index in [0.29, 0.717) is 13.0 Å². The van der Waals surface area contributed by atoms with Crippen LogP contribution in [0.2, 0.25) is 0 Å². The summed E-state index contributed by atoms with van der Waals surface area (Å²) in [6, 6.07) is 11.2. The molecule has 0 amide bonds. The number of nitrogens with zero attached hydrogens (tertiary/aromatic N) is 2. The van der Waals surface area contributed by atoms with E-state index >= 15 is 0 Å². The van der Waals surface area contributed by atoms with Gasteiger partial charge in [-0.3, -0.25) is 4.79 Å². The lowest BCUT2D eigenvalue weighted by Crippen LogP contribution is -2.24. The molecule has 0 spiro atoms. The maximum atomic E-state index is 12.3. The second-order valence-corrected chi connectivity index (χ2v) is 7.28. The first-order chi connectivity index (χ1) is 14.4. The molecule has 2 heterocycles. The fourth-order valence-corrected chi connectivity index (χ4v) is 3.40. The first-order valence-electron chi connectivity index (χ1n) is 9.90. The van der Waals surface area contributed by atoms with E-state index < -0.39 is 13.0 Å². The molecule has 2 aromatic rings. The summed E-state index contributed by atoms with van der Waals surface area (Å²) in [6.07, 6.45) is 0.217. The molecule has 1 fully saturated rings. The lowest BCUT2D eigenvalue weighted by atomic mass is 9.98. The molecule has 1 aliphatic heterocycles. The van der Waals surface area contributed by atoms with Gasteiger partial charge in [-0.1, -0.05) is 19.1 Å². The SMILES string of the molecule is COC(=O)C[C@@H](C)c1ccc(OC2CCN(c3ccnc(OCC(F)F)c3)C2)cc1. The summed E-state index contributed by atoms with van der Waals surface area (Å²) >= 11 is 0. The summed E-state index contributed by atoms with van der Waals surface area (Å²) in [4.78, 5) is 17.5. The van der Waals surface area contributed by atoms with E-state index in [1.54, 1.807) is 12.3 Å². The fraction of sp³-hybridized carbons (Fsp3) is 0.455. The van der Waals surface area contributed by atoms with Gasteiger partial charge in [-0.25, -0.2) is 13.8 Å². The Morgan fingerprint density at radius 1 is 1.27 bits per heavy atom. The smallest absolute Gasteiger partial charge is 0.306 e. The molecular weight excluding hydrogens is 394 g/mol. The maximum absolute atomic E-state index is 12.3. The highest BCUT2D eigenvalue weighted by Gasteiger charge is 2.25. The van der Waals surface area contributed by atoms with Crippen LogP contribution in [0.4, 0.5) is 14.5 Å². The summed E-state index contributed by atoms with van der Waals surface area (Å²) in [5.41, 5.74) is 1.92. The van der Waals surface area contributed by atoms with Gasteiger partial charge in [0.1, 0.15) is 11.9 Å². The number of ether oxygens (including phenoxy) is 3. The number of carbonyl (C=O) groups excluding carboxylic acids is 1. The van der Waals surface area contributed by atoms with Crippen LogP contribution in [-0.4, -0.2) is 50.3 Å². The van der Waals surface area contributed by atoms with Gasteiger partial charge in [0, 0.05) is 30.9 Å². The van der Waals surface area contributed by atoms with Crippen molar-refractivity contribution in [3.05, 3.63) is 48.2 Å². The van der Waals surface area contributed by atoms with Crippen molar-refractivity contribution in [1.82, 2.24) is 4.98 Å². The van der Waals surface area contributed by atoms with Crippen molar-refractivity contribution in [2.45, 2.75) is 38.2 Å². The Balaban J connectivity index is 1.53. The molecule has 0 aliphatic carbocycles. The Bertz CT molecular complexity index is 832. The van der Waals surface area contributed by atoms with Crippen LogP contribution in [-0.2, 0) is 9.53 Å². The van der Waals surface area contributed by atoms with Gasteiger partial charge in [0.15, 0.2) is 6.61 Å². The van der Waals surface area contributed by atoms with Gasteiger partial charge in [-0.05, 0) is 29.7 Å². The lowest BCUT2D eigenvalue weighted by Gasteiger charge is -2.20. The zero-order chi connectivity index (χ0) is 21.5. The number of rotatable bonds is 9. The van der Waals surface area contributed by atoms with Crippen LogP contribution in [0.1, 0.15) is 31.2 Å². The molecule has 1 saturated heterocycles. The van der Waals surface area contributed by atoms with Crippen molar-refractivity contribution in [3.63, 3.8) is 0 Å². The third kappa shape index (κ3) is 6.05. The average molecular weight is 420 g/mol. The molecule has 1 aromatic carbocycles. The molecule has 6 nitrogen and oxygen atoms in total. The molecule has 0 radical (unpaired) electrons. The van der Waals surface area contributed by atoms with Gasteiger partial charge < -0.3 is 19.1 Å². The summed E-state index contributed by atoms with van der Waals surface area (Å²) < 4.78 is 40.5. The summed E-state index contributed by atoms with van der Waals surface area (Å²) in [5, 5.41) is 0. The third-order valence-electron chi connectivity index (χ3n) is 5.04. The Hall–Kier alpha value is -2.90. The molecule has 2 atom stereocenters. The van der Waals surface area contributed by atoms with Crippen LogP contribution in [0.3, 0.4) is 0 Å². The van der Waals surface area contributed by atoms with Crippen molar-refractivity contribution in [2.75, 3.05) is 31.7 Å². The molecular formula is C22H26F2N2O4. The largest absolute Gasteiger partial charge is 0.489 e. The minimum absolute atomic E-state index is 0.0157. The molecule has 30 heavy (non-hydrogen) atoms. The predicted molar refractivity (Wildman–Crippen MR) is 108 cm³/mol. The van der Waals surface area contributed by atoms with Crippen LogP contribution in [0.15, 0.2) is 42.6 Å². The number of hydrogen-bond donors (Lipinski definition) is 0. The Kier molecular flexibility index (Phi) is 7.43. The molecule has 0 bridgehead atoms. The van der Waals surface area contributed by atoms with Crippen LogP contribution >= 0.6 is 0 Å². The Morgan fingerprint density at radius 3 is 2.73 bits per heavy atom. The van der Waals surface area contributed by atoms with E-state index in [1.807, 2.05) is 37.3 Å². The van der Waals surface area contributed by atoms with Crippen molar-refractivity contribution in [3.8, 4) is 11.6 Å². The van der Waals surface area contributed by atoms with E-state index in [-0.39, 0.29) is 23.9 Å². The monoisotopic (exact) mass is 420 g/mol. The minimum atomic E-state index is -2.53. The quantitative estimate of drug-likeness (QED) is 0.571. The van der Waals surface area contributed by atoms with Crippen LogP contribution in [0.25, 0.3) is 0 Å². The van der Waals surface area contributed by atoms with Gasteiger partial charge in [-0.2, -0.15) is 0 Å². The zero-order valence-electron chi connectivity index (χ0n) is 17.1. The molecule has 0 N–H and O–H groups in total. The van der Waals surface area contributed by atoms with Crippen LogP contribution in [0.5, 0.6) is 11.6 Å². The summed E-state index contributed by atoms with van der Waals surface area (Å²) in [5.74, 6) is 0.801. The Morgan fingerprint density at radius 2 is 2.03 bits per heavy atom. The second-order valence-electron chi connectivity index (χ2n) is 7.28. The number of esters is 1. The number of pyridine rings is 1. The highest BCUT2D eigenvalue weighted by Crippen LogP contribution is 2.27. The van der Waals surface area contributed by atoms with E-state index in [2.05, 4.69) is 9.88 Å². The number of hydrogen-bond acceptors (Lipinski definition) is 6. The number of benzene rings is 1. The number of carbonyl (C=O) groups is 1. The molecule has 8 heteroatoms. The van der Waals surface area contributed by atoms with Gasteiger partial charge in [0.2, 0.25) is 5.88 Å². The van der Waals surface area contributed by atoms with Crippen molar-refractivity contribution in [2.24, 2.45) is 0 Å². The first kappa shape index (κ1) is 21.8. The number of anilines is 1. The molecule has 0 saturated carbocycles. The normalized spacial score (nSPS) is 17.1. The number of aromatic nitrogens is 1. The van der Waals surface area contributed by atoms with E-state index in [9.17, 15) is 13.6 Å². The number of methoxy groups -OCH3 is 1. The minimum Gasteiger partial charge on any atom is -0.489 e. The number of alkyl halides is 2. The van der Waals surface area contributed by atoms with E-state index in [0.717, 1.165) is 30.0 Å². The highest BCUT2D eigenvalue weighted by molar-refractivity contribution is 5.70. The highest BCUT2D eigenvalue weighted by atomic mass is 19.3. The maximum Gasteiger partial charge on any atom is 0.306 e. The van der Waals surface area contributed by atoms with E-state index in [1.165, 1.54) is 7.11 Å². The van der Waals surface area contributed by atoms with Gasteiger partial charge in [-0.15, -0.1) is 0 Å². The molecule has 1 unspecified atom stereocenters. The topological polar surface area (TPSA) is 60.9 Å². The van der Waals surface area contributed by atoms with Gasteiger partial charge >= 0.3 is 5.97 Å². The van der Waals surface area contributed by atoms with Crippen molar-refractivity contribution in [1.29, 1.82) is 0 Å². The second kappa shape index (κ2) is 10.2. The zero-order valence-corrected chi connectivity index (χ0v) is 17.1. The van der Waals surface area contributed by atoms with Crippen LogP contribution < -0.4 is 14.4 Å². The average Bonchev–Trinajstić information content (AvgIpc) is 3.21. The molecule has 1 aliphatic rings. The predicted octanol–water partition coefficient (Wildman–Crippen LogP) is 4.05. The summed E-state index contributed by atoms with van der Waals surface area (Å²) in [7, 11) is 1.39. The van der Waals surface area contributed by atoms with Gasteiger partial charge in [0.25, 0.3) is 6.43 Å². The number of halogens is 2. The Labute approximate surface area is 174 Å². The van der Waals surface area contributed by atoms with Crippen molar-refractivity contribution >= 4 is 11.7 Å². The van der Waals surface area contributed by atoms with Gasteiger partial charge in [0.05, 0.1) is 20.1 Å². The first-order valence-corrected chi connectivity index (χ1v) is 9.90. The molecule has 1 aromatic heterocycles. The van der Waals surface area contributed by atoms with Crippen molar-refractivity contribution < 1.29 is 27.8 Å². The lowest BCUT2D eigenvalue weighted by molar-refractivity contribution is -0.140. The summed E-state index contributed by atoms with van der Waals surface area (Å²) in [6.45, 7) is 2.78. The standard InChI is InChI=1S/C22H26F2N2O4/c1-15(11-22(27)28-2)16-3-5-18(6-4-16)30-19-8-10-26(13-19)17-7-9-25-21(12-17)29-14-20(23)24/h3-7,9,12,15,19-20H,8,10-11,13-14H2,1-2H3/t15-,19?/m1/s1. The molecule has 162 valence electrons. The van der Waals surface area contributed by atoms with Crippen LogP contribution in [0, 0.1) is 0 Å². The fourth-order valence-electron chi connectivity index (χ4n) is 3.40. The molecule has 3 rings (SSSR count). The van der Waals surface area contributed by atoms with E-state index in [4.69, 9.17) is 14.2 Å². The third-order valence-corrected chi connectivity index (χ3v) is 5.04.